The predicted molar refractivity (Wildman–Crippen MR) is 79.5 cm³/mol. The quantitative estimate of drug-likeness (QED) is 0.874. The number of phenolic OH excluding ortho intramolecular Hbond substituents is 1. The second-order valence-electron chi connectivity index (χ2n) is 6.07. The van der Waals surface area contributed by atoms with Crippen LogP contribution in [0.25, 0.3) is 0 Å². The van der Waals surface area contributed by atoms with E-state index in [1.165, 1.54) is 18.4 Å². The molecule has 1 heterocycles. The maximum absolute atomic E-state index is 9.31. The van der Waals surface area contributed by atoms with Gasteiger partial charge >= 0.3 is 0 Å². The largest absolute Gasteiger partial charge is 0.508 e. The van der Waals surface area contributed by atoms with Gasteiger partial charge in [0.2, 0.25) is 0 Å². The summed E-state index contributed by atoms with van der Waals surface area (Å²) < 4.78 is 0. The Morgan fingerprint density at radius 3 is 2.37 bits per heavy atom. The molecule has 1 atom stereocenters. The maximum Gasteiger partial charge on any atom is 0.115 e. The zero-order valence-electron chi connectivity index (χ0n) is 12.3. The molecule has 2 rings (SSSR count). The van der Waals surface area contributed by atoms with Crippen LogP contribution < -0.4 is 5.32 Å². The van der Waals surface area contributed by atoms with Gasteiger partial charge in [-0.05, 0) is 57.9 Å². The number of nitrogens with one attached hydrogen (secondary N) is 1. The highest BCUT2D eigenvalue weighted by Crippen LogP contribution is 2.23. The fourth-order valence-corrected chi connectivity index (χ4v) is 2.81. The summed E-state index contributed by atoms with van der Waals surface area (Å²) in [7, 11) is 2.07. The fourth-order valence-electron chi connectivity index (χ4n) is 2.81. The summed E-state index contributed by atoms with van der Waals surface area (Å²) in [6, 6.07) is 8.15. The molecule has 1 aliphatic heterocycles. The predicted octanol–water partition coefficient (Wildman–Crippen LogP) is 2.40. The number of rotatable bonds is 4. The zero-order chi connectivity index (χ0) is 13.9. The summed E-state index contributed by atoms with van der Waals surface area (Å²) in [5, 5.41) is 12.7. The molecule has 2 N–H and O–H groups in total. The summed E-state index contributed by atoms with van der Waals surface area (Å²) in [5.41, 5.74) is 1.61. The van der Waals surface area contributed by atoms with Crippen LogP contribution >= 0.6 is 0 Å². The standard InChI is InChI=1S/C16H26N2O/c1-13(12-14-4-6-15(19)7-5-14)18-10-8-16(2,17-3)9-11-18/h4-7,13,17,19H,8-12H2,1-3H3. The van der Waals surface area contributed by atoms with Gasteiger partial charge in [-0.1, -0.05) is 12.1 Å². The van der Waals surface area contributed by atoms with E-state index >= 15 is 0 Å². The summed E-state index contributed by atoms with van der Waals surface area (Å²) in [6.45, 7) is 6.94. The average Bonchev–Trinajstić information content (AvgIpc) is 2.42. The van der Waals surface area contributed by atoms with Crippen molar-refractivity contribution in [3.05, 3.63) is 29.8 Å². The lowest BCUT2D eigenvalue weighted by atomic mass is 9.89. The van der Waals surface area contributed by atoms with E-state index in [-0.39, 0.29) is 0 Å². The van der Waals surface area contributed by atoms with Crippen LogP contribution in [-0.2, 0) is 6.42 Å². The fraction of sp³-hybridized carbons (Fsp3) is 0.625. The van der Waals surface area contributed by atoms with Gasteiger partial charge in [0, 0.05) is 24.7 Å². The topological polar surface area (TPSA) is 35.5 Å². The van der Waals surface area contributed by atoms with E-state index in [1.54, 1.807) is 12.1 Å². The number of hydrogen-bond donors (Lipinski definition) is 2. The molecule has 1 saturated heterocycles. The number of nitrogens with zero attached hydrogens (tertiary/aromatic N) is 1. The third kappa shape index (κ3) is 3.71. The molecule has 106 valence electrons. The molecule has 1 aliphatic rings. The molecule has 0 radical (unpaired) electrons. The number of phenols is 1. The van der Waals surface area contributed by atoms with Crippen LogP contribution in [0.1, 0.15) is 32.3 Å². The summed E-state index contributed by atoms with van der Waals surface area (Å²) in [6.07, 6.45) is 3.48. The lowest BCUT2D eigenvalue weighted by molar-refractivity contribution is 0.117. The summed E-state index contributed by atoms with van der Waals surface area (Å²) in [5.74, 6) is 0.346. The normalized spacial score (nSPS) is 21.2. The van der Waals surface area contributed by atoms with Crippen LogP contribution in [0.4, 0.5) is 0 Å². The smallest absolute Gasteiger partial charge is 0.115 e. The molecule has 0 spiro atoms. The third-order valence-corrected chi connectivity index (χ3v) is 4.60. The van der Waals surface area contributed by atoms with E-state index in [4.69, 9.17) is 0 Å². The van der Waals surface area contributed by atoms with E-state index in [0.29, 0.717) is 17.3 Å². The first kappa shape index (κ1) is 14.4. The number of piperidine rings is 1. The zero-order valence-corrected chi connectivity index (χ0v) is 12.3. The van der Waals surface area contributed by atoms with Crippen LogP contribution in [-0.4, -0.2) is 41.7 Å². The van der Waals surface area contributed by atoms with Gasteiger partial charge in [-0.3, -0.25) is 0 Å². The van der Waals surface area contributed by atoms with Gasteiger partial charge in [0.1, 0.15) is 5.75 Å². The molecule has 0 saturated carbocycles. The lowest BCUT2D eigenvalue weighted by Crippen LogP contribution is -2.52. The van der Waals surface area contributed by atoms with Crippen LogP contribution in [0.5, 0.6) is 5.75 Å². The summed E-state index contributed by atoms with van der Waals surface area (Å²) in [4.78, 5) is 2.58. The van der Waals surface area contributed by atoms with E-state index < -0.39 is 0 Å². The molecular formula is C16H26N2O. The van der Waals surface area contributed by atoms with Gasteiger partial charge in [-0.25, -0.2) is 0 Å². The number of benzene rings is 1. The molecule has 0 bridgehead atoms. The molecule has 3 heteroatoms. The molecule has 3 nitrogen and oxygen atoms in total. The van der Waals surface area contributed by atoms with Gasteiger partial charge in [-0.15, -0.1) is 0 Å². The molecule has 19 heavy (non-hydrogen) atoms. The van der Waals surface area contributed by atoms with Crippen molar-refractivity contribution in [2.24, 2.45) is 0 Å². The first-order chi connectivity index (χ1) is 9.02. The molecule has 0 aromatic heterocycles. The van der Waals surface area contributed by atoms with Crippen molar-refractivity contribution in [2.75, 3.05) is 20.1 Å². The molecule has 1 fully saturated rings. The molecule has 0 aliphatic carbocycles. The Hall–Kier alpha value is -1.06. The summed E-state index contributed by atoms with van der Waals surface area (Å²) >= 11 is 0. The molecule has 0 amide bonds. The number of hydrogen-bond acceptors (Lipinski definition) is 3. The van der Waals surface area contributed by atoms with Gasteiger partial charge in [-0.2, -0.15) is 0 Å². The Bertz CT molecular complexity index is 394. The first-order valence-electron chi connectivity index (χ1n) is 7.23. The van der Waals surface area contributed by atoms with E-state index in [0.717, 1.165) is 19.5 Å². The Balaban J connectivity index is 1.87. The molecule has 1 aromatic carbocycles. The van der Waals surface area contributed by atoms with Gasteiger partial charge < -0.3 is 15.3 Å². The minimum atomic E-state index is 0.314. The Kier molecular flexibility index (Phi) is 4.48. The second kappa shape index (κ2) is 5.93. The van der Waals surface area contributed by atoms with E-state index in [9.17, 15) is 5.11 Å². The minimum absolute atomic E-state index is 0.314. The van der Waals surface area contributed by atoms with Crippen molar-refractivity contribution in [3.8, 4) is 5.75 Å². The van der Waals surface area contributed by atoms with Gasteiger partial charge in [0.15, 0.2) is 0 Å². The highest BCUT2D eigenvalue weighted by atomic mass is 16.3. The minimum Gasteiger partial charge on any atom is -0.508 e. The van der Waals surface area contributed by atoms with Crippen LogP contribution in [0.2, 0.25) is 0 Å². The van der Waals surface area contributed by atoms with Crippen LogP contribution in [0.3, 0.4) is 0 Å². The van der Waals surface area contributed by atoms with Gasteiger partial charge in [0.05, 0.1) is 0 Å². The van der Waals surface area contributed by atoms with Crippen molar-refractivity contribution in [3.63, 3.8) is 0 Å². The van der Waals surface area contributed by atoms with Crippen LogP contribution in [0.15, 0.2) is 24.3 Å². The Labute approximate surface area is 116 Å². The SMILES string of the molecule is CNC1(C)CCN(C(C)Cc2ccc(O)cc2)CC1. The van der Waals surface area contributed by atoms with Crippen molar-refractivity contribution < 1.29 is 5.11 Å². The van der Waals surface area contributed by atoms with Crippen LogP contribution in [0, 0.1) is 0 Å². The molecule has 1 aromatic rings. The van der Waals surface area contributed by atoms with Gasteiger partial charge in [0.25, 0.3) is 0 Å². The van der Waals surface area contributed by atoms with Crippen molar-refractivity contribution >= 4 is 0 Å². The highest BCUT2D eigenvalue weighted by molar-refractivity contribution is 5.26. The van der Waals surface area contributed by atoms with Crippen molar-refractivity contribution in [1.82, 2.24) is 10.2 Å². The second-order valence-corrected chi connectivity index (χ2v) is 6.07. The molecular weight excluding hydrogens is 236 g/mol. The Morgan fingerprint density at radius 2 is 1.84 bits per heavy atom. The number of aromatic hydroxyl groups is 1. The van der Waals surface area contributed by atoms with E-state index in [2.05, 4.69) is 31.1 Å². The monoisotopic (exact) mass is 262 g/mol. The van der Waals surface area contributed by atoms with E-state index in [1.807, 2.05) is 12.1 Å². The van der Waals surface area contributed by atoms with Crippen molar-refractivity contribution in [1.29, 1.82) is 0 Å². The Morgan fingerprint density at radius 1 is 1.26 bits per heavy atom. The lowest BCUT2D eigenvalue weighted by Gasteiger charge is -2.41. The molecule has 1 unspecified atom stereocenters. The average molecular weight is 262 g/mol. The van der Waals surface area contributed by atoms with Crippen molar-refractivity contribution in [2.45, 2.75) is 44.7 Å². The highest BCUT2D eigenvalue weighted by Gasteiger charge is 2.29. The maximum atomic E-state index is 9.31. The number of likely N-dealkylation sites (tertiary alicyclic amines) is 1. The third-order valence-electron chi connectivity index (χ3n) is 4.60. The first-order valence-corrected chi connectivity index (χ1v) is 7.23.